The van der Waals surface area contributed by atoms with Gasteiger partial charge < -0.3 is 15.0 Å². The Morgan fingerprint density at radius 1 is 1.00 bits per heavy atom. The molecule has 0 aromatic heterocycles. The van der Waals surface area contributed by atoms with Gasteiger partial charge in [0.15, 0.2) is 0 Å². The molecule has 0 saturated carbocycles. The molecule has 1 fully saturated rings. The highest BCUT2D eigenvalue weighted by molar-refractivity contribution is 7.99. The van der Waals surface area contributed by atoms with Crippen LogP contribution in [0.5, 0.6) is 11.5 Å². The SMILES string of the molecule is CC(C)c1ccc(NC(=O)N2CCS[C@H]2c2cccc(Oc3ccccc3)c2)cc1. The molecule has 30 heavy (non-hydrogen) atoms. The van der Waals surface area contributed by atoms with Crippen LogP contribution in [0.15, 0.2) is 78.9 Å². The van der Waals surface area contributed by atoms with Crippen LogP contribution in [0.25, 0.3) is 0 Å². The first-order valence-corrected chi connectivity index (χ1v) is 11.3. The number of benzene rings is 3. The largest absolute Gasteiger partial charge is 0.457 e. The number of ether oxygens (including phenoxy) is 1. The van der Waals surface area contributed by atoms with Crippen molar-refractivity contribution in [2.24, 2.45) is 0 Å². The minimum atomic E-state index is -0.0725. The first-order chi connectivity index (χ1) is 14.6. The van der Waals surface area contributed by atoms with E-state index in [0.29, 0.717) is 5.92 Å². The van der Waals surface area contributed by atoms with Gasteiger partial charge in [0, 0.05) is 18.0 Å². The zero-order valence-electron chi connectivity index (χ0n) is 17.2. The molecule has 0 aliphatic carbocycles. The van der Waals surface area contributed by atoms with Gasteiger partial charge >= 0.3 is 6.03 Å². The lowest BCUT2D eigenvalue weighted by molar-refractivity contribution is 0.214. The minimum absolute atomic E-state index is 0.0285. The van der Waals surface area contributed by atoms with Crippen LogP contribution in [-0.2, 0) is 0 Å². The average Bonchev–Trinajstić information content (AvgIpc) is 3.25. The van der Waals surface area contributed by atoms with Gasteiger partial charge in [-0.05, 0) is 53.4 Å². The molecule has 1 aliphatic rings. The number of urea groups is 1. The molecule has 154 valence electrons. The second-order valence-corrected chi connectivity index (χ2v) is 8.80. The predicted molar refractivity (Wildman–Crippen MR) is 124 cm³/mol. The predicted octanol–water partition coefficient (Wildman–Crippen LogP) is 6.88. The van der Waals surface area contributed by atoms with Crippen molar-refractivity contribution in [1.29, 1.82) is 0 Å². The van der Waals surface area contributed by atoms with E-state index in [1.165, 1.54) is 5.56 Å². The number of hydrogen-bond acceptors (Lipinski definition) is 3. The molecule has 5 heteroatoms. The van der Waals surface area contributed by atoms with E-state index in [0.717, 1.165) is 35.0 Å². The van der Waals surface area contributed by atoms with Crippen molar-refractivity contribution >= 4 is 23.5 Å². The van der Waals surface area contributed by atoms with Crippen molar-refractivity contribution in [2.75, 3.05) is 17.6 Å². The normalized spacial score (nSPS) is 16.0. The molecule has 1 heterocycles. The number of nitrogens with zero attached hydrogens (tertiary/aromatic N) is 1. The van der Waals surface area contributed by atoms with E-state index in [4.69, 9.17) is 4.74 Å². The molecule has 1 N–H and O–H groups in total. The lowest BCUT2D eigenvalue weighted by Crippen LogP contribution is -2.34. The number of carbonyl (C=O) groups is 1. The minimum Gasteiger partial charge on any atom is -0.457 e. The van der Waals surface area contributed by atoms with Crippen molar-refractivity contribution in [2.45, 2.75) is 25.1 Å². The second kappa shape index (κ2) is 9.26. The third-order valence-corrected chi connectivity index (χ3v) is 6.36. The maximum Gasteiger partial charge on any atom is 0.323 e. The van der Waals surface area contributed by atoms with E-state index < -0.39 is 0 Å². The number of hydrogen-bond donors (Lipinski definition) is 1. The Morgan fingerprint density at radius 3 is 2.47 bits per heavy atom. The summed E-state index contributed by atoms with van der Waals surface area (Å²) in [5.41, 5.74) is 3.15. The van der Waals surface area contributed by atoms with Gasteiger partial charge in [-0.3, -0.25) is 0 Å². The fraction of sp³-hybridized carbons (Fsp3) is 0.240. The van der Waals surface area contributed by atoms with Gasteiger partial charge in [0.2, 0.25) is 0 Å². The van der Waals surface area contributed by atoms with Crippen LogP contribution in [0, 0.1) is 0 Å². The maximum absolute atomic E-state index is 13.0. The van der Waals surface area contributed by atoms with Gasteiger partial charge in [-0.1, -0.05) is 56.3 Å². The summed E-state index contributed by atoms with van der Waals surface area (Å²) in [5, 5.41) is 3.02. The Balaban J connectivity index is 1.46. The van der Waals surface area contributed by atoms with Crippen molar-refractivity contribution < 1.29 is 9.53 Å². The topological polar surface area (TPSA) is 41.6 Å². The van der Waals surface area contributed by atoms with E-state index in [1.54, 1.807) is 11.8 Å². The van der Waals surface area contributed by atoms with Gasteiger partial charge in [-0.2, -0.15) is 0 Å². The van der Waals surface area contributed by atoms with E-state index >= 15 is 0 Å². The molecule has 4 rings (SSSR count). The average molecular weight is 419 g/mol. The van der Waals surface area contributed by atoms with Crippen molar-refractivity contribution in [1.82, 2.24) is 4.90 Å². The van der Waals surface area contributed by atoms with Crippen LogP contribution < -0.4 is 10.1 Å². The molecule has 0 radical (unpaired) electrons. The summed E-state index contributed by atoms with van der Waals surface area (Å²) in [6.07, 6.45) is 0. The second-order valence-electron chi connectivity index (χ2n) is 7.61. The van der Waals surface area contributed by atoms with Crippen molar-refractivity contribution in [3.05, 3.63) is 90.0 Å². The Kier molecular flexibility index (Phi) is 6.29. The van der Waals surface area contributed by atoms with E-state index in [1.807, 2.05) is 65.6 Å². The number of carbonyl (C=O) groups excluding carboxylic acids is 1. The van der Waals surface area contributed by atoms with Crippen molar-refractivity contribution in [3.8, 4) is 11.5 Å². The van der Waals surface area contributed by atoms with Gasteiger partial charge in [0.25, 0.3) is 0 Å². The molecule has 4 nitrogen and oxygen atoms in total. The summed E-state index contributed by atoms with van der Waals surface area (Å²) < 4.78 is 5.97. The number of thioether (sulfide) groups is 1. The highest BCUT2D eigenvalue weighted by Gasteiger charge is 2.31. The molecule has 1 aliphatic heterocycles. The summed E-state index contributed by atoms with van der Waals surface area (Å²) in [6, 6.07) is 25.7. The molecule has 2 amide bonds. The zero-order chi connectivity index (χ0) is 20.9. The monoisotopic (exact) mass is 418 g/mol. The van der Waals surface area contributed by atoms with Crippen LogP contribution >= 0.6 is 11.8 Å². The Hall–Kier alpha value is -2.92. The molecule has 3 aromatic rings. The number of amides is 2. The standard InChI is InChI=1S/C25H26N2O2S/c1-18(2)19-11-13-21(14-12-19)26-25(28)27-15-16-30-24(27)20-7-6-10-23(17-20)29-22-8-4-3-5-9-22/h3-14,17-18,24H,15-16H2,1-2H3,(H,26,28)/t24-/m0/s1. The third kappa shape index (κ3) is 4.79. The third-order valence-electron chi connectivity index (χ3n) is 5.10. The fourth-order valence-corrected chi connectivity index (χ4v) is 4.70. The number of para-hydroxylation sites is 1. The highest BCUT2D eigenvalue weighted by Crippen LogP contribution is 2.39. The van der Waals surface area contributed by atoms with E-state index in [9.17, 15) is 4.79 Å². The summed E-state index contributed by atoms with van der Waals surface area (Å²) in [6.45, 7) is 5.04. The Bertz CT molecular complexity index is 990. The van der Waals surface area contributed by atoms with E-state index in [2.05, 4.69) is 37.4 Å². The molecule has 0 spiro atoms. The van der Waals surface area contributed by atoms with E-state index in [-0.39, 0.29) is 11.4 Å². The molecular weight excluding hydrogens is 392 g/mol. The van der Waals surface area contributed by atoms with Crippen molar-refractivity contribution in [3.63, 3.8) is 0 Å². The molecule has 1 atom stereocenters. The summed E-state index contributed by atoms with van der Waals surface area (Å²) in [7, 11) is 0. The zero-order valence-corrected chi connectivity index (χ0v) is 18.1. The molecule has 3 aromatic carbocycles. The van der Waals surface area contributed by atoms with Crippen LogP contribution in [0.1, 0.15) is 36.3 Å². The Morgan fingerprint density at radius 2 is 1.73 bits per heavy atom. The van der Waals surface area contributed by atoms with Crippen LogP contribution in [-0.4, -0.2) is 23.2 Å². The van der Waals surface area contributed by atoms with Gasteiger partial charge in [0.1, 0.15) is 16.9 Å². The van der Waals surface area contributed by atoms with Gasteiger partial charge in [-0.15, -0.1) is 11.8 Å². The molecule has 1 saturated heterocycles. The summed E-state index contributed by atoms with van der Waals surface area (Å²) in [5.74, 6) is 2.96. The smallest absolute Gasteiger partial charge is 0.323 e. The maximum atomic E-state index is 13.0. The summed E-state index contributed by atoms with van der Waals surface area (Å²) in [4.78, 5) is 14.9. The highest BCUT2D eigenvalue weighted by atomic mass is 32.2. The first kappa shape index (κ1) is 20.4. The molecule has 0 unspecified atom stereocenters. The quantitative estimate of drug-likeness (QED) is 0.491. The van der Waals surface area contributed by atoms with Gasteiger partial charge in [0.05, 0.1) is 0 Å². The number of anilines is 1. The first-order valence-electron chi connectivity index (χ1n) is 10.2. The fourth-order valence-electron chi connectivity index (χ4n) is 3.46. The molecular formula is C25H26N2O2S. The number of nitrogens with one attached hydrogen (secondary N) is 1. The lowest BCUT2D eigenvalue weighted by Gasteiger charge is -2.25. The van der Waals surface area contributed by atoms with Crippen LogP contribution in [0.4, 0.5) is 10.5 Å². The van der Waals surface area contributed by atoms with Crippen LogP contribution in [0.2, 0.25) is 0 Å². The van der Waals surface area contributed by atoms with Gasteiger partial charge in [-0.25, -0.2) is 4.79 Å². The Labute approximate surface area is 182 Å². The molecule has 0 bridgehead atoms. The lowest BCUT2D eigenvalue weighted by atomic mass is 10.0. The van der Waals surface area contributed by atoms with Crippen LogP contribution in [0.3, 0.4) is 0 Å². The number of rotatable bonds is 5. The summed E-state index contributed by atoms with van der Waals surface area (Å²) >= 11 is 1.77.